The molecule has 0 aliphatic heterocycles. The van der Waals surface area contributed by atoms with Gasteiger partial charge in [0.25, 0.3) is 5.91 Å². The summed E-state index contributed by atoms with van der Waals surface area (Å²) in [5, 5.41) is -0.294. The van der Waals surface area contributed by atoms with E-state index < -0.39 is 34.8 Å². The highest BCUT2D eigenvalue weighted by atomic mass is 35.5. The summed E-state index contributed by atoms with van der Waals surface area (Å²) in [6, 6.07) is 1.63. The molecule has 0 bridgehead atoms. The first-order chi connectivity index (χ1) is 14.6. The van der Waals surface area contributed by atoms with E-state index in [1.807, 2.05) is 0 Å². The van der Waals surface area contributed by atoms with E-state index in [-0.39, 0.29) is 34.4 Å². The van der Waals surface area contributed by atoms with Crippen LogP contribution in [0.25, 0.3) is 0 Å². The number of carbonyl (C=O) groups is 2. The third-order valence-electron chi connectivity index (χ3n) is 4.46. The van der Waals surface area contributed by atoms with Crippen LogP contribution in [-0.4, -0.2) is 59.0 Å². The van der Waals surface area contributed by atoms with Gasteiger partial charge in [0.15, 0.2) is 11.2 Å². The van der Waals surface area contributed by atoms with Crippen LogP contribution in [0.3, 0.4) is 0 Å². The molecule has 0 saturated carbocycles. The third-order valence-corrected chi connectivity index (χ3v) is 6.08. The Hall–Kier alpha value is -2.44. The molecule has 1 aromatic rings. The van der Waals surface area contributed by atoms with E-state index in [1.165, 1.54) is 18.4 Å². The van der Waals surface area contributed by atoms with Crippen molar-refractivity contribution in [3.05, 3.63) is 52.7 Å². The van der Waals surface area contributed by atoms with Gasteiger partial charge in [0.2, 0.25) is 0 Å². The number of rotatable bonds is 9. The summed E-state index contributed by atoms with van der Waals surface area (Å²) in [4.78, 5) is 24.7. The maximum atomic E-state index is 14.6. The van der Waals surface area contributed by atoms with Gasteiger partial charge in [0.1, 0.15) is 23.6 Å². The van der Waals surface area contributed by atoms with Crippen molar-refractivity contribution in [3.8, 4) is 0 Å². The van der Waals surface area contributed by atoms with Gasteiger partial charge in [-0.05, 0) is 26.0 Å². The van der Waals surface area contributed by atoms with Gasteiger partial charge in [0.05, 0.1) is 16.3 Å². The lowest BCUT2D eigenvalue weighted by Gasteiger charge is -2.32. The minimum atomic E-state index is -4.88. The zero-order valence-electron chi connectivity index (χ0n) is 18.0. The van der Waals surface area contributed by atoms with Crippen molar-refractivity contribution in [2.45, 2.75) is 26.1 Å². The van der Waals surface area contributed by atoms with Crippen molar-refractivity contribution in [1.82, 2.24) is 13.9 Å². The highest BCUT2D eigenvalue weighted by Gasteiger charge is 2.38. The molecule has 0 aliphatic rings. The van der Waals surface area contributed by atoms with Crippen molar-refractivity contribution in [2.75, 3.05) is 26.0 Å². The quantitative estimate of drug-likeness (QED) is 0.320. The van der Waals surface area contributed by atoms with Crippen molar-refractivity contribution in [1.29, 1.82) is 0 Å². The van der Waals surface area contributed by atoms with Crippen LogP contribution in [0.1, 0.15) is 24.2 Å². The van der Waals surface area contributed by atoms with Crippen LogP contribution in [0.2, 0.25) is 5.02 Å². The zero-order chi connectivity index (χ0) is 25.0. The van der Waals surface area contributed by atoms with Crippen LogP contribution in [0.4, 0.5) is 23.2 Å². The van der Waals surface area contributed by atoms with Crippen molar-refractivity contribution in [3.63, 3.8) is 0 Å². The zero-order valence-corrected chi connectivity index (χ0v) is 19.5. The SMILES string of the molecule is C=C(N(C)/C(=C\C=O)C(F)(F)F)N(C)c1cc(C(=O)NS(=O)N(C)C(C)C)c(Cl)cc1F. The maximum absolute atomic E-state index is 14.6. The molecular formula is C19H23ClF4N4O3S. The van der Waals surface area contributed by atoms with Crippen molar-refractivity contribution >= 4 is 40.7 Å². The van der Waals surface area contributed by atoms with Gasteiger partial charge >= 0.3 is 6.18 Å². The summed E-state index contributed by atoms with van der Waals surface area (Å²) >= 11 is 4.04. The monoisotopic (exact) mass is 498 g/mol. The molecule has 0 heterocycles. The molecule has 1 N–H and O–H groups in total. The molecule has 1 unspecified atom stereocenters. The summed E-state index contributed by atoms with van der Waals surface area (Å²) in [6.45, 7) is 7.01. The van der Waals surface area contributed by atoms with Gasteiger partial charge in [-0.2, -0.15) is 13.2 Å². The first-order valence-corrected chi connectivity index (χ1v) is 10.5. The van der Waals surface area contributed by atoms with Crippen LogP contribution < -0.4 is 9.62 Å². The Bertz CT molecular complexity index is 953. The number of alkyl halides is 3. The summed E-state index contributed by atoms with van der Waals surface area (Å²) in [6.07, 6.45) is -4.61. The number of anilines is 1. The van der Waals surface area contributed by atoms with Crippen LogP contribution in [0.5, 0.6) is 0 Å². The fourth-order valence-corrected chi connectivity index (χ4v) is 3.36. The van der Waals surface area contributed by atoms with Gasteiger partial charge < -0.3 is 9.80 Å². The molecule has 0 aromatic heterocycles. The number of nitrogens with zero attached hydrogens (tertiary/aromatic N) is 3. The average molecular weight is 499 g/mol. The second-order valence-corrected chi connectivity index (χ2v) is 8.51. The molecule has 0 saturated heterocycles. The predicted molar refractivity (Wildman–Crippen MR) is 115 cm³/mol. The molecular weight excluding hydrogens is 476 g/mol. The molecule has 178 valence electrons. The first-order valence-electron chi connectivity index (χ1n) is 8.97. The van der Waals surface area contributed by atoms with E-state index in [2.05, 4.69) is 11.3 Å². The second kappa shape index (κ2) is 10.9. The number of halogens is 5. The number of benzene rings is 1. The molecule has 13 heteroatoms. The Morgan fingerprint density at radius 2 is 1.81 bits per heavy atom. The second-order valence-electron chi connectivity index (χ2n) is 6.82. The normalized spacial score (nSPS) is 13.2. The van der Waals surface area contributed by atoms with E-state index in [9.17, 15) is 31.4 Å². The Balaban J connectivity index is 3.30. The van der Waals surface area contributed by atoms with Crippen LogP contribution in [-0.2, 0) is 16.0 Å². The molecule has 1 aromatic carbocycles. The lowest BCUT2D eigenvalue weighted by atomic mass is 10.1. The Morgan fingerprint density at radius 1 is 1.25 bits per heavy atom. The highest BCUT2D eigenvalue weighted by Crippen LogP contribution is 2.33. The average Bonchev–Trinajstić information content (AvgIpc) is 2.68. The fourth-order valence-electron chi connectivity index (χ4n) is 2.33. The summed E-state index contributed by atoms with van der Waals surface area (Å²) in [7, 11) is 3.72. The number of hydrogen-bond donors (Lipinski definition) is 1. The van der Waals surface area contributed by atoms with E-state index in [1.54, 1.807) is 13.8 Å². The predicted octanol–water partition coefficient (Wildman–Crippen LogP) is 3.61. The van der Waals surface area contributed by atoms with E-state index in [0.717, 1.165) is 24.1 Å². The smallest absolute Gasteiger partial charge is 0.329 e. The largest absolute Gasteiger partial charge is 0.431 e. The summed E-state index contributed by atoms with van der Waals surface area (Å²) in [5.41, 5.74) is -1.91. The number of aldehydes is 1. The van der Waals surface area contributed by atoms with Crippen LogP contribution >= 0.6 is 11.6 Å². The Morgan fingerprint density at radius 3 is 2.28 bits per heavy atom. The minimum Gasteiger partial charge on any atom is -0.329 e. The molecule has 0 radical (unpaired) electrons. The number of carbonyl (C=O) groups excluding carboxylic acids is 2. The van der Waals surface area contributed by atoms with Gasteiger partial charge in [-0.3, -0.25) is 14.3 Å². The van der Waals surface area contributed by atoms with Crippen LogP contribution in [0, 0.1) is 5.82 Å². The highest BCUT2D eigenvalue weighted by molar-refractivity contribution is 7.81. The van der Waals surface area contributed by atoms with E-state index >= 15 is 0 Å². The molecule has 0 aliphatic carbocycles. The Kier molecular flexibility index (Phi) is 9.42. The van der Waals surface area contributed by atoms with Gasteiger partial charge in [-0.1, -0.05) is 18.2 Å². The number of amides is 1. The Labute approximate surface area is 191 Å². The van der Waals surface area contributed by atoms with Crippen LogP contribution in [0.15, 0.2) is 36.3 Å². The third kappa shape index (κ3) is 6.53. The molecule has 1 rings (SSSR count). The molecule has 1 atom stereocenters. The number of allylic oxidation sites excluding steroid dienone is 2. The molecule has 0 spiro atoms. The minimum absolute atomic E-state index is 0.0355. The standard InChI is InChI=1S/C19H23ClF4N4O3S/c1-11(2)28(6)32(31)25-18(30)13-9-16(15(21)10-14(13)20)26(4)12(3)27(5)17(7-8-29)19(22,23)24/h7-11H,3H2,1-2,4-6H3,(H,25,30)/b17-7-. The lowest BCUT2D eigenvalue weighted by molar-refractivity contribution is -0.112. The molecule has 0 fully saturated rings. The van der Waals surface area contributed by atoms with Gasteiger partial charge in [-0.25, -0.2) is 12.9 Å². The summed E-state index contributed by atoms with van der Waals surface area (Å²) < 4.78 is 70.0. The van der Waals surface area contributed by atoms with Gasteiger partial charge in [0, 0.05) is 33.3 Å². The van der Waals surface area contributed by atoms with Crippen molar-refractivity contribution in [2.24, 2.45) is 0 Å². The number of hydrogen-bond acceptors (Lipinski definition) is 5. The molecule has 1 amide bonds. The maximum Gasteiger partial charge on any atom is 0.431 e. The first kappa shape index (κ1) is 27.6. The lowest BCUT2D eigenvalue weighted by Crippen LogP contribution is -2.39. The van der Waals surface area contributed by atoms with Crippen molar-refractivity contribution < 1.29 is 31.4 Å². The van der Waals surface area contributed by atoms with Gasteiger partial charge in [-0.15, -0.1) is 0 Å². The summed E-state index contributed by atoms with van der Waals surface area (Å²) in [5.74, 6) is -2.19. The fraction of sp³-hybridized carbons (Fsp3) is 0.368. The topological polar surface area (TPSA) is 73.0 Å². The number of nitrogens with one attached hydrogen (secondary N) is 1. The van der Waals surface area contributed by atoms with E-state index in [0.29, 0.717) is 11.0 Å². The van der Waals surface area contributed by atoms with E-state index in [4.69, 9.17) is 11.6 Å². The molecule has 7 nitrogen and oxygen atoms in total. The molecule has 32 heavy (non-hydrogen) atoms.